The molecule has 0 fully saturated rings. The molecule has 0 spiro atoms. The molecule has 0 aromatic rings. The second-order valence-electron chi connectivity index (χ2n) is 3.03. The summed E-state index contributed by atoms with van der Waals surface area (Å²) in [6, 6.07) is 0. The molecule has 0 N–H and O–H groups in total. The van der Waals surface area contributed by atoms with Gasteiger partial charge in [0.2, 0.25) is 0 Å². The van der Waals surface area contributed by atoms with Gasteiger partial charge in [-0.1, -0.05) is 39.5 Å². The maximum Gasteiger partial charge on any atom is 0 e. The van der Waals surface area contributed by atoms with Crippen LogP contribution in [-0.2, 0) is 19.5 Å². The Labute approximate surface area is 95.0 Å². The molecule has 12 heavy (non-hydrogen) atoms. The van der Waals surface area contributed by atoms with E-state index in [4.69, 9.17) is 0 Å². The van der Waals surface area contributed by atoms with Crippen LogP contribution in [0.3, 0.4) is 0 Å². The van der Waals surface area contributed by atoms with Crippen LogP contribution in [0.4, 0.5) is 0 Å². The van der Waals surface area contributed by atoms with Crippen molar-refractivity contribution in [2.45, 2.75) is 52.4 Å². The van der Waals surface area contributed by atoms with Gasteiger partial charge in [-0.05, 0) is 24.3 Å². The van der Waals surface area contributed by atoms with Crippen molar-refractivity contribution >= 4 is 11.8 Å². The minimum atomic E-state index is 0. The summed E-state index contributed by atoms with van der Waals surface area (Å²) in [6.07, 6.45) is 8.40. The first-order chi connectivity index (χ1) is 5.41. The van der Waals surface area contributed by atoms with Crippen LogP contribution in [0.25, 0.3) is 0 Å². The largest absolute Gasteiger partial charge is 0.162 e. The van der Waals surface area contributed by atoms with Crippen LogP contribution in [0, 0.1) is 0 Å². The zero-order valence-corrected chi connectivity index (χ0v) is 12.6. The van der Waals surface area contributed by atoms with Gasteiger partial charge in [-0.15, -0.1) is 0 Å². The molecule has 0 nitrogen and oxygen atoms in total. The van der Waals surface area contributed by atoms with E-state index in [1.807, 2.05) is 0 Å². The molecule has 0 radical (unpaired) electrons. The molecule has 70 valence electrons. The molecule has 0 aliphatic rings. The van der Waals surface area contributed by atoms with E-state index in [9.17, 15) is 0 Å². The fraction of sp³-hybridized carbons (Fsp3) is 1.00. The monoisotopic (exact) mass is 238 g/mol. The van der Waals surface area contributed by atoms with Gasteiger partial charge >= 0.3 is 0 Å². The molecule has 0 aliphatic heterocycles. The molecular formula is C10H22SZn. The molecule has 0 aliphatic carbocycles. The van der Waals surface area contributed by atoms with Crippen molar-refractivity contribution in [3.05, 3.63) is 0 Å². The van der Waals surface area contributed by atoms with E-state index in [2.05, 4.69) is 25.6 Å². The average molecular weight is 240 g/mol. The molecule has 0 saturated carbocycles. The minimum Gasteiger partial charge on any atom is -0.162 e. The molecule has 0 amide bonds. The first-order valence-electron chi connectivity index (χ1n) is 4.99. The quantitative estimate of drug-likeness (QED) is 0.454. The van der Waals surface area contributed by atoms with Gasteiger partial charge in [0.15, 0.2) is 0 Å². The molecular weight excluding hydrogens is 218 g/mol. The van der Waals surface area contributed by atoms with Crippen molar-refractivity contribution in [3.63, 3.8) is 0 Å². The standard InChI is InChI=1S/C10H22S.Zn/c1-3-5-7-9-11-10-8-6-4-2;/h3-10H2,1-2H3;. The van der Waals surface area contributed by atoms with Gasteiger partial charge in [0.25, 0.3) is 0 Å². The van der Waals surface area contributed by atoms with E-state index in [-0.39, 0.29) is 19.5 Å². The summed E-state index contributed by atoms with van der Waals surface area (Å²) in [6.45, 7) is 4.53. The van der Waals surface area contributed by atoms with Crippen LogP contribution >= 0.6 is 11.8 Å². The Bertz CT molecular complexity index is 58.9. The molecule has 0 aromatic heterocycles. The SMILES string of the molecule is CCCCCSCCCCC.[Zn]. The van der Waals surface area contributed by atoms with Crippen LogP contribution in [0.1, 0.15) is 52.4 Å². The second-order valence-corrected chi connectivity index (χ2v) is 4.25. The van der Waals surface area contributed by atoms with E-state index in [1.54, 1.807) is 0 Å². The van der Waals surface area contributed by atoms with Gasteiger partial charge in [-0.25, -0.2) is 0 Å². The van der Waals surface area contributed by atoms with E-state index < -0.39 is 0 Å². The summed E-state index contributed by atoms with van der Waals surface area (Å²) < 4.78 is 0. The summed E-state index contributed by atoms with van der Waals surface area (Å²) in [5.41, 5.74) is 0. The van der Waals surface area contributed by atoms with Gasteiger partial charge in [0, 0.05) is 19.5 Å². The van der Waals surface area contributed by atoms with Crippen molar-refractivity contribution in [2.24, 2.45) is 0 Å². The molecule has 0 saturated heterocycles. The zero-order chi connectivity index (χ0) is 8.36. The number of unbranched alkanes of at least 4 members (excludes halogenated alkanes) is 4. The topological polar surface area (TPSA) is 0 Å². The maximum absolute atomic E-state index is 2.27. The fourth-order valence-corrected chi connectivity index (χ4v) is 2.03. The van der Waals surface area contributed by atoms with Crippen LogP contribution in [0.2, 0.25) is 0 Å². The Morgan fingerprint density at radius 2 is 1.17 bits per heavy atom. The number of rotatable bonds is 8. The predicted molar refractivity (Wildman–Crippen MR) is 56.4 cm³/mol. The number of hydrogen-bond acceptors (Lipinski definition) is 1. The zero-order valence-electron chi connectivity index (χ0n) is 8.77. The second kappa shape index (κ2) is 14.5. The van der Waals surface area contributed by atoms with Crippen molar-refractivity contribution in [1.29, 1.82) is 0 Å². The summed E-state index contributed by atoms with van der Waals surface area (Å²) >= 11 is 2.13. The number of hydrogen-bond donors (Lipinski definition) is 0. The van der Waals surface area contributed by atoms with Gasteiger partial charge in [0.05, 0.1) is 0 Å². The van der Waals surface area contributed by atoms with Crippen LogP contribution < -0.4 is 0 Å². The third-order valence-electron chi connectivity index (χ3n) is 1.78. The van der Waals surface area contributed by atoms with E-state index in [0.717, 1.165) is 0 Å². The van der Waals surface area contributed by atoms with Crippen LogP contribution in [0.5, 0.6) is 0 Å². The Kier molecular flexibility index (Phi) is 18.7. The number of thioether (sulfide) groups is 1. The molecule has 0 heterocycles. The van der Waals surface area contributed by atoms with Gasteiger partial charge in [-0.3, -0.25) is 0 Å². The van der Waals surface area contributed by atoms with Crippen LogP contribution in [0.15, 0.2) is 0 Å². The van der Waals surface area contributed by atoms with Crippen molar-refractivity contribution in [2.75, 3.05) is 11.5 Å². The predicted octanol–water partition coefficient (Wildman–Crippen LogP) is 4.10. The van der Waals surface area contributed by atoms with Gasteiger partial charge < -0.3 is 0 Å². The van der Waals surface area contributed by atoms with E-state index >= 15 is 0 Å². The Hall–Kier alpha value is 0.973. The minimum absolute atomic E-state index is 0. The summed E-state index contributed by atoms with van der Waals surface area (Å²) in [5.74, 6) is 2.77. The van der Waals surface area contributed by atoms with E-state index in [0.29, 0.717) is 0 Å². The average Bonchev–Trinajstić information content (AvgIpc) is 2.03. The smallest absolute Gasteiger partial charge is 0 e. The molecule has 2 heteroatoms. The van der Waals surface area contributed by atoms with Gasteiger partial charge in [-0.2, -0.15) is 11.8 Å². The van der Waals surface area contributed by atoms with Crippen LogP contribution in [-0.4, -0.2) is 11.5 Å². The molecule has 0 atom stereocenters. The summed E-state index contributed by atoms with van der Waals surface area (Å²) in [5, 5.41) is 0. The normalized spacial score (nSPS) is 9.50. The Morgan fingerprint density at radius 1 is 0.750 bits per heavy atom. The first kappa shape index (κ1) is 15.4. The molecule has 0 bridgehead atoms. The van der Waals surface area contributed by atoms with E-state index in [1.165, 1.54) is 50.0 Å². The van der Waals surface area contributed by atoms with Crippen molar-refractivity contribution < 1.29 is 19.5 Å². The molecule has 0 aromatic carbocycles. The summed E-state index contributed by atoms with van der Waals surface area (Å²) in [4.78, 5) is 0. The van der Waals surface area contributed by atoms with Gasteiger partial charge in [0.1, 0.15) is 0 Å². The van der Waals surface area contributed by atoms with Crippen molar-refractivity contribution in [3.8, 4) is 0 Å². The maximum atomic E-state index is 2.27. The molecule has 0 unspecified atom stereocenters. The Balaban J connectivity index is 0. The van der Waals surface area contributed by atoms with Crippen molar-refractivity contribution in [1.82, 2.24) is 0 Å². The first-order valence-corrected chi connectivity index (χ1v) is 6.15. The Morgan fingerprint density at radius 3 is 1.50 bits per heavy atom. The fourth-order valence-electron chi connectivity index (χ4n) is 1.01. The molecule has 0 rings (SSSR count). The third kappa shape index (κ3) is 13.6. The third-order valence-corrected chi connectivity index (χ3v) is 2.94. The summed E-state index contributed by atoms with van der Waals surface area (Å²) in [7, 11) is 0.